The van der Waals surface area contributed by atoms with Crippen LogP contribution in [-0.2, 0) is 0 Å². The zero-order valence-electron chi connectivity index (χ0n) is 13.8. The summed E-state index contributed by atoms with van der Waals surface area (Å²) in [5.41, 5.74) is 0.168. The number of nitrogens with one attached hydrogen (secondary N) is 1. The van der Waals surface area contributed by atoms with Crippen molar-refractivity contribution in [2.24, 2.45) is 0 Å². The molecule has 1 amide bonds. The average Bonchev–Trinajstić information content (AvgIpc) is 3.09. The van der Waals surface area contributed by atoms with Crippen LogP contribution in [0.2, 0.25) is 0 Å². The van der Waals surface area contributed by atoms with E-state index in [1.54, 1.807) is 12.1 Å². The molecule has 3 aromatic rings. The molecule has 0 atom stereocenters. The number of carbonyl (C=O) groups excluding carboxylic acids is 1. The Morgan fingerprint density at radius 2 is 1.70 bits per heavy atom. The van der Waals surface area contributed by atoms with Gasteiger partial charge in [-0.25, -0.2) is 0 Å². The molecule has 0 saturated carbocycles. The zero-order chi connectivity index (χ0) is 19.6. The van der Waals surface area contributed by atoms with Crippen molar-refractivity contribution >= 4 is 23.3 Å². The molecule has 0 aliphatic carbocycles. The number of hydrogen-bond donors (Lipinski definition) is 1. The van der Waals surface area contributed by atoms with E-state index in [9.17, 15) is 25.0 Å². The van der Waals surface area contributed by atoms with Gasteiger partial charge in [-0.1, -0.05) is 22.8 Å². The van der Waals surface area contributed by atoms with Gasteiger partial charge in [0.1, 0.15) is 0 Å². The number of rotatable bonds is 5. The Balaban J connectivity index is 1.86. The molecule has 0 radical (unpaired) electrons. The van der Waals surface area contributed by atoms with E-state index in [1.807, 2.05) is 19.1 Å². The molecule has 11 nitrogen and oxygen atoms in total. The molecule has 136 valence electrons. The van der Waals surface area contributed by atoms with E-state index in [-0.39, 0.29) is 17.5 Å². The minimum atomic E-state index is -0.860. The molecule has 1 N–H and O–H groups in total. The minimum Gasteiger partial charge on any atom is -0.403 e. The van der Waals surface area contributed by atoms with Crippen LogP contribution in [0.1, 0.15) is 15.9 Å². The Labute approximate surface area is 150 Å². The summed E-state index contributed by atoms with van der Waals surface area (Å²) in [4.78, 5) is 32.4. The highest BCUT2D eigenvalue weighted by molar-refractivity contribution is 6.04. The molecule has 1 heterocycles. The summed E-state index contributed by atoms with van der Waals surface area (Å²) in [5, 5.41) is 31.6. The lowest BCUT2D eigenvalue weighted by Gasteiger charge is -2.01. The first-order valence-electron chi connectivity index (χ1n) is 7.49. The van der Waals surface area contributed by atoms with Gasteiger partial charge in [0.05, 0.1) is 21.5 Å². The second-order valence-electron chi connectivity index (χ2n) is 5.49. The zero-order valence-corrected chi connectivity index (χ0v) is 13.8. The number of non-ortho nitro benzene ring substituents is 2. The fraction of sp³-hybridized carbons (Fsp3) is 0.0625. The Morgan fingerprint density at radius 3 is 2.30 bits per heavy atom. The van der Waals surface area contributed by atoms with E-state index in [0.29, 0.717) is 5.56 Å². The summed E-state index contributed by atoms with van der Waals surface area (Å²) in [7, 11) is 0. The van der Waals surface area contributed by atoms with Crippen molar-refractivity contribution in [3.05, 3.63) is 73.8 Å². The topological polar surface area (TPSA) is 154 Å². The van der Waals surface area contributed by atoms with Crippen molar-refractivity contribution in [1.82, 2.24) is 10.2 Å². The smallest absolute Gasteiger partial charge is 0.322 e. The summed E-state index contributed by atoms with van der Waals surface area (Å²) in [6.45, 7) is 1.89. The predicted molar refractivity (Wildman–Crippen MR) is 92.2 cm³/mol. The highest BCUT2D eigenvalue weighted by atomic mass is 16.6. The summed E-state index contributed by atoms with van der Waals surface area (Å²) in [6, 6.07) is 9.59. The van der Waals surface area contributed by atoms with Crippen LogP contribution in [0.25, 0.3) is 11.5 Å². The standard InChI is InChI=1S/C16H11N5O6/c1-9-3-2-4-10(5-9)15-18-19-16(27-15)17-14(22)11-6-12(20(23)24)8-13(7-11)21(25)26/h2-8H,1H3,(H,17,19,22). The van der Waals surface area contributed by atoms with Gasteiger partial charge in [-0.3, -0.25) is 30.3 Å². The average molecular weight is 369 g/mol. The van der Waals surface area contributed by atoms with Crippen LogP contribution < -0.4 is 5.32 Å². The maximum Gasteiger partial charge on any atom is 0.322 e. The number of anilines is 1. The van der Waals surface area contributed by atoms with Gasteiger partial charge in [-0.15, -0.1) is 5.10 Å². The normalized spacial score (nSPS) is 10.4. The van der Waals surface area contributed by atoms with E-state index < -0.39 is 27.1 Å². The van der Waals surface area contributed by atoms with E-state index in [1.165, 1.54) is 0 Å². The Bertz CT molecular complexity index is 1030. The molecule has 0 fully saturated rings. The van der Waals surface area contributed by atoms with Gasteiger partial charge in [0, 0.05) is 17.7 Å². The molecule has 11 heteroatoms. The number of aromatic nitrogens is 2. The van der Waals surface area contributed by atoms with Crippen molar-refractivity contribution in [3.8, 4) is 11.5 Å². The molecular weight excluding hydrogens is 358 g/mol. The molecule has 3 rings (SSSR count). The first kappa shape index (κ1) is 17.7. The quantitative estimate of drug-likeness (QED) is 0.531. The molecule has 2 aromatic carbocycles. The SMILES string of the molecule is Cc1cccc(-c2nnc(NC(=O)c3cc([N+](=O)[O-])cc([N+](=O)[O-])c3)o2)c1. The number of nitro groups is 2. The first-order chi connectivity index (χ1) is 12.8. The van der Waals surface area contributed by atoms with Gasteiger partial charge in [-0.2, -0.15) is 0 Å². The second-order valence-corrected chi connectivity index (χ2v) is 5.49. The molecule has 0 spiro atoms. The van der Waals surface area contributed by atoms with Gasteiger partial charge in [0.2, 0.25) is 5.89 Å². The summed E-state index contributed by atoms with van der Waals surface area (Å²) in [6.07, 6.45) is 0. The van der Waals surface area contributed by atoms with Crippen LogP contribution in [0, 0.1) is 27.2 Å². The lowest BCUT2D eigenvalue weighted by atomic mass is 10.1. The van der Waals surface area contributed by atoms with E-state index >= 15 is 0 Å². The lowest BCUT2D eigenvalue weighted by Crippen LogP contribution is -2.13. The van der Waals surface area contributed by atoms with Gasteiger partial charge in [0.15, 0.2) is 0 Å². The molecule has 1 aromatic heterocycles. The minimum absolute atomic E-state index is 0.166. The number of benzene rings is 2. The molecule has 0 aliphatic heterocycles. The second kappa shape index (κ2) is 7.00. The number of carbonyl (C=O) groups is 1. The summed E-state index contributed by atoms with van der Waals surface area (Å²) >= 11 is 0. The Morgan fingerprint density at radius 1 is 1.04 bits per heavy atom. The highest BCUT2D eigenvalue weighted by Crippen LogP contribution is 2.24. The fourth-order valence-corrected chi connectivity index (χ4v) is 2.27. The third kappa shape index (κ3) is 3.92. The van der Waals surface area contributed by atoms with Crippen molar-refractivity contribution in [3.63, 3.8) is 0 Å². The molecule has 0 unspecified atom stereocenters. The first-order valence-corrected chi connectivity index (χ1v) is 7.49. The number of aryl methyl sites for hydroxylation is 1. The number of nitro benzene ring substituents is 2. The van der Waals surface area contributed by atoms with E-state index in [2.05, 4.69) is 15.5 Å². The molecule has 0 bridgehead atoms. The van der Waals surface area contributed by atoms with Crippen molar-refractivity contribution < 1.29 is 19.1 Å². The van der Waals surface area contributed by atoms with Crippen molar-refractivity contribution in [2.75, 3.05) is 5.32 Å². The van der Waals surface area contributed by atoms with Crippen LogP contribution in [0.3, 0.4) is 0 Å². The van der Waals surface area contributed by atoms with Gasteiger partial charge in [0.25, 0.3) is 17.3 Å². The Hall–Kier alpha value is -4.15. The number of amides is 1. The summed E-state index contributed by atoms with van der Waals surface area (Å²) < 4.78 is 5.35. The third-order valence-corrected chi connectivity index (χ3v) is 3.50. The fourth-order valence-electron chi connectivity index (χ4n) is 2.27. The van der Waals surface area contributed by atoms with Crippen LogP contribution in [0.15, 0.2) is 46.9 Å². The molecule has 0 aliphatic rings. The monoisotopic (exact) mass is 369 g/mol. The largest absolute Gasteiger partial charge is 0.403 e. The summed E-state index contributed by atoms with van der Waals surface area (Å²) in [5.74, 6) is -0.694. The van der Waals surface area contributed by atoms with Gasteiger partial charge < -0.3 is 4.42 Å². The van der Waals surface area contributed by atoms with Crippen LogP contribution in [-0.4, -0.2) is 26.0 Å². The maximum absolute atomic E-state index is 12.3. The number of nitrogens with zero attached hydrogens (tertiary/aromatic N) is 4. The predicted octanol–water partition coefficient (Wildman–Crippen LogP) is 3.11. The highest BCUT2D eigenvalue weighted by Gasteiger charge is 2.21. The van der Waals surface area contributed by atoms with Crippen molar-refractivity contribution in [2.45, 2.75) is 6.92 Å². The van der Waals surface area contributed by atoms with Gasteiger partial charge >= 0.3 is 6.01 Å². The van der Waals surface area contributed by atoms with Crippen LogP contribution in [0.5, 0.6) is 0 Å². The third-order valence-electron chi connectivity index (χ3n) is 3.50. The van der Waals surface area contributed by atoms with Gasteiger partial charge in [-0.05, 0) is 19.1 Å². The van der Waals surface area contributed by atoms with E-state index in [0.717, 1.165) is 23.8 Å². The maximum atomic E-state index is 12.3. The van der Waals surface area contributed by atoms with Crippen LogP contribution in [0.4, 0.5) is 17.4 Å². The molecular formula is C16H11N5O6. The lowest BCUT2D eigenvalue weighted by molar-refractivity contribution is -0.394. The van der Waals surface area contributed by atoms with E-state index in [4.69, 9.17) is 4.42 Å². The molecule has 27 heavy (non-hydrogen) atoms. The van der Waals surface area contributed by atoms with Crippen molar-refractivity contribution in [1.29, 1.82) is 0 Å². The molecule has 0 saturated heterocycles. The van der Waals surface area contributed by atoms with Crippen LogP contribution >= 0.6 is 0 Å². The Kier molecular flexibility index (Phi) is 4.58. The number of hydrogen-bond acceptors (Lipinski definition) is 8.